The van der Waals surface area contributed by atoms with Gasteiger partial charge in [0.25, 0.3) is 5.91 Å². The van der Waals surface area contributed by atoms with E-state index >= 15 is 0 Å². The van der Waals surface area contributed by atoms with E-state index in [1.165, 1.54) is 30.3 Å². The van der Waals surface area contributed by atoms with E-state index in [9.17, 15) is 14.7 Å². The number of pyridine rings is 1. The van der Waals surface area contributed by atoms with Crippen LogP contribution >= 0.6 is 22.6 Å². The summed E-state index contributed by atoms with van der Waals surface area (Å²) in [7, 11) is 0. The highest BCUT2D eigenvalue weighted by Crippen LogP contribution is 2.20. The molecule has 102 valence electrons. The number of aromatic hydroxyl groups is 1. The van der Waals surface area contributed by atoms with Crippen LogP contribution in [0, 0.1) is 3.57 Å². The van der Waals surface area contributed by atoms with Crippen LogP contribution in [0.15, 0.2) is 36.4 Å². The Morgan fingerprint density at radius 1 is 1.20 bits per heavy atom. The number of carboxylic acids is 1. The number of carbonyl (C=O) groups is 2. The molecule has 7 heteroatoms. The Bertz CT molecular complexity index is 688. The van der Waals surface area contributed by atoms with Crippen LogP contribution in [0.25, 0.3) is 0 Å². The fourth-order valence-corrected chi connectivity index (χ4v) is 1.99. The number of hydrogen-bond donors (Lipinski definition) is 3. The molecule has 0 aliphatic carbocycles. The van der Waals surface area contributed by atoms with Crippen LogP contribution < -0.4 is 5.32 Å². The zero-order chi connectivity index (χ0) is 14.7. The fraction of sp³-hybridized carbons (Fsp3) is 0. The Kier molecular flexibility index (Phi) is 4.18. The third-order valence-corrected chi connectivity index (χ3v) is 3.08. The minimum absolute atomic E-state index is 0.0967. The molecule has 0 atom stereocenters. The molecule has 3 N–H and O–H groups in total. The second-order valence-corrected chi connectivity index (χ2v) is 5.07. The maximum atomic E-state index is 12.0. The molecule has 2 rings (SSSR count). The van der Waals surface area contributed by atoms with Gasteiger partial charge < -0.3 is 15.5 Å². The first kappa shape index (κ1) is 14.3. The lowest BCUT2D eigenvalue weighted by Crippen LogP contribution is -2.14. The number of aromatic carboxylic acids is 1. The van der Waals surface area contributed by atoms with E-state index in [1.807, 2.05) is 22.6 Å². The van der Waals surface area contributed by atoms with Crippen LogP contribution in [0.4, 0.5) is 5.82 Å². The van der Waals surface area contributed by atoms with Gasteiger partial charge in [-0.3, -0.25) is 4.79 Å². The molecule has 20 heavy (non-hydrogen) atoms. The first-order chi connectivity index (χ1) is 9.47. The summed E-state index contributed by atoms with van der Waals surface area (Å²) in [5, 5.41) is 20.9. The molecular weight excluding hydrogens is 375 g/mol. The Labute approximate surface area is 127 Å². The molecule has 0 saturated carbocycles. The van der Waals surface area contributed by atoms with E-state index in [1.54, 1.807) is 6.07 Å². The van der Waals surface area contributed by atoms with Gasteiger partial charge in [-0.15, -0.1) is 0 Å². The van der Waals surface area contributed by atoms with Crippen LogP contribution in [0.1, 0.15) is 20.8 Å². The zero-order valence-electron chi connectivity index (χ0n) is 10.0. The van der Waals surface area contributed by atoms with Crippen molar-refractivity contribution < 1.29 is 19.8 Å². The highest BCUT2D eigenvalue weighted by molar-refractivity contribution is 14.1. The van der Waals surface area contributed by atoms with Crippen molar-refractivity contribution in [3.05, 3.63) is 51.2 Å². The molecule has 0 spiro atoms. The number of carboxylic acid groups (broad SMARTS) is 1. The third-order valence-electron chi connectivity index (χ3n) is 2.41. The summed E-state index contributed by atoms with van der Waals surface area (Å²) in [6, 6.07) is 8.86. The molecule has 0 fully saturated rings. The lowest BCUT2D eigenvalue weighted by molar-refractivity contribution is 0.0690. The molecule has 1 aromatic heterocycles. The molecule has 1 aromatic carbocycles. The minimum atomic E-state index is -1.18. The van der Waals surface area contributed by atoms with Gasteiger partial charge in [-0.2, -0.15) is 0 Å². The quantitative estimate of drug-likeness (QED) is 0.706. The number of hydrogen-bond acceptors (Lipinski definition) is 4. The summed E-state index contributed by atoms with van der Waals surface area (Å²) < 4.78 is 0.790. The predicted octanol–water partition coefficient (Wildman–Crippen LogP) is 2.34. The van der Waals surface area contributed by atoms with E-state index in [-0.39, 0.29) is 22.8 Å². The van der Waals surface area contributed by atoms with E-state index < -0.39 is 11.9 Å². The summed E-state index contributed by atoms with van der Waals surface area (Å²) in [6.07, 6.45) is 0. The highest BCUT2D eigenvalue weighted by Gasteiger charge is 2.13. The number of amides is 1. The average molecular weight is 384 g/mol. The summed E-state index contributed by atoms with van der Waals surface area (Å²) in [5.41, 5.74) is -0.0749. The molecular formula is C13H9IN2O4. The Balaban J connectivity index is 2.25. The lowest BCUT2D eigenvalue weighted by Gasteiger charge is -2.07. The molecule has 0 saturated heterocycles. The highest BCUT2D eigenvalue weighted by atomic mass is 127. The van der Waals surface area contributed by atoms with Gasteiger partial charge in [0.2, 0.25) is 0 Å². The lowest BCUT2D eigenvalue weighted by atomic mass is 10.2. The summed E-state index contributed by atoms with van der Waals surface area (Å²) in [6.45, 7) is 0. The second kappa shape index (κ2) is 5.87. The van der Waals surface area contributed by atoms with Gasteiger partial charge >= 0.3 is 5.97 Å². The monoisotopic (exact) mass is 384 g/mol. The third kappa shape index (κ3) is 3.23. The Hall–Kier alpha value is -2.16. The van der Waals surface area contributed by atoms with Gasteiger partial charge in [0.15, 0.2) is 5.69 Å². The maximum absolute atomic E-state index is 12.0. The van der Waals surface area contributed by atoms with Gasteiger partial charge in [0.1, 0.15) is 11.6 Å². The standard InChI is InChI=1S/C13H9IN2O4/c14-7-4-5-10(17)8(6-7)12(18)16-11-3-1-2-9(15-11)13(19)20/h1-6,17H,(H,19,20)(H,15,16,18). The van der Waals surface area contributed by atoms with Crippen molar-refractivity contribution in [1.82, 2.24) is 4.98 Å². The van der Waals surface area contributed by atoms with E-state index in [0.717, 1.165) is 3.57 Å². The molecule has 2 aromatic rings. The van der Waals surface area contributed by atoms with Crippen LogP contribution in [0.5, 0.6) is 5.75 Å². The SMILES string of the molecule is O=C(O)c1cccc(NC(=O)c2cc(I)ccc2O)n1. The molecule has 1 amide bonds. The van der Waals surface area contributed by atoms with Crippen molar-refractivity contribution in [2.75, 3.05) is 5.32 Å². The van der Waals surface area contributed by atoms with Gasteiger partial charge in [-0.25, -0.2) is 9.78 Å². The summed E-state index contributed by atoms with van der Waals surface area (Å²) in [4.78, 5) is 26.6. The number of aromatic nitrogens is 1. The Morgan fingerprint density at radius 3 is 2.65 bits per heavy atom. The topological polar surface area (TPSA) is 99.5 Å². The molecule has 0 bridgehead atoms. The van der Waals surface area contributed by atoms with Gasteiger partial charge in [-0.05, 0) is 52.9 Å². The number of phenols is 1. The summed E-state index contributed by atoms with van der Waals surface area (Å²) >= 11 is 2.02. The van der Waals surface area contributed by atoms with Crippen molar-refractivity contribution in [2.24, 2.45) is 0 Å². The Morgan fingerprint density at radius 2 is 1.95 bits per heavy atom. The van der Waals surface area contributed by atoms with Crippen LogP contribution in [-0.4, -0.2) is 27.1 Å². The number of nitrogens with one attached hydrogen (secondary N) is 1. The molecule has 0 aliphatic heterocycles. The minimum Gasteiger partial charge on any atom is -0.507 e. The smallest absolute Gasteiger partial charge is 0.354 e. The predicted molar refractivity (Wildman–Crippen MR) is 80.0 cm³/mol. The van der Waals surface area contributed by atoms with Gasteiger partial charge in [0.05, 0.1) is 5.56 Å². The zero-order valence-corrected chi connectivity index (χ0v) is 12.2. The fourth-order valence-electron chi connectivity index (χ4n) is 1.50. The summed E-state index contributed by atoms with van der Waals surface area (Å²) in [5.74, 6) is -1.79. The molecule has 0 unspecified atom stereocenters. The van der Waals surface area contributed by atoms with Crippen molar-refractivity contribution >= 4 is 40.3 Å². The number of rotatable bonds is 3. The van der Waals surface area contributed by atoms with Crippen LogP contribution in [0.3, 0.4) is 0 Å². The van der Waals surface area contributed by atoms with Gasteiger partial charge in [0, 0.05) is 3.57 Å². The number of phenolic OH excluding ortho intramolecular Hbond substituents is 1. The second-order valence-electron chi connectivity index (χ2n) is 3.83. The van der Waals surface area contributed by atoms with Crippen molar-refractivity contribution in [3.8, 4) is 5.75 Å². The first-order valence-electron chi connectivity index (χ1n) is 5.47. The van der Waals surface area contributed by atoms with E-state index in [4.69, 9.17) is 5.11 Å². The van der Waals surface area contributed by atoms with Crippen molar-refractivity contribution in [1.29, 1.82) is 0 Å². The molecule has 1 heterocycles. The van der Waals surface area contributed by atoms with Crippen LogP contribution in [-0.2, 0) is 0 Å². The largest absolute Gasteiger partial charge is 0.507 e. The van der Waals surface area contributed by atoms with Crippen molar-refractivity contribution in [3.63, 3.8) is 0 Å². The maximum Gasteiger partial charge on any atom is 0.354 e. The van der Waals surface area contributed by atoms with Crippen LogP contribution in [0.2, 0.25) is 0 Å². The number of carbonyl (C=O) groups excluding carboxylic acids is 1. The van der Waals surface area contributed by atoms with Gasteiger partial charge in [-0.1, -0.05) is 6.07 Å². The first-order valence-corrected chi connectivity index (χ1v) is 6.55. The number of halogens is 1. The van der Waals surface area contributed by atoms with Crippen molar-refractivity contribution in [2.45, 2.75) is 0 Å². The molecule has 6 nitrogen and oxygen atoms in total. The average Bonchev–Trinajstić information content (AvgIpc) is 2.41. The van der Waals surface area contributed by atoms with E-state index in [0.29, 0.717) is 0 Å². The number of anilines is 1. The van der Waals surface area contributed by atoms with E-state index in [2.05, 4.69) is 10.3 Å². The number of benzene rings is 1. The number of nitrogens with zero attached hydrogens (tertiary/aromatic N) is 1. The molecule has 0 radical (unpaired) electrons. The normalized spacial score (nSPS) is 10.1. The molecule has 0 aliphatic rings.